The smallest absolute Gasteiger partial charge is 0.391 e. The van der Waals surface area contributed by atoms with E-state index < -0.39 is 20.0 Å². The van der Waals surface area contributed by atoms with Crippen LogP contribution in [0.3, 0.4) is 0 Å². The predicted molar refractivity (Wildman–Crippen MR) is 208 cm³/mol. The first-order chi connectivity index (χ1) is 23.9. The molecule has 49 heavy (non-hydrogen) atoms. The summed E-state index contributed by atoms with van der Waals surface area (Å²) in [5, 5.41) is 13.8. The minimum atomic E-state index is -4.31. The molecular weight excluding hydrogens is 635 g/mol. The van der Waals surface area contributed by atoms with E-state index in [9.17, 15) is 19.4 Å². The molecule has 0 fully saturated rings. The van der Waals surface area contributed by atoms with Crippen molar-refractivity contribution < 1.29 is 28.4 Å². The van der Waals surface area contributed by atoms with Crippen molar-refractivity contribution in [2.75, 3.05) is 19.8 Å². The van der Waals surface area contributed by atoms with Crippen LogP contribution in [0.1, 0.15) is 194 Å². The van der Waals surface area contributed by atoms with E-state index in [0.717, 1.165) is 64.2 Å². The number of phosphoric ester groups is 1. The minimum absolute atomic E-state index is 0.0867. The van der Waals surface area contributed by atoms with E-state index in [4.69, 9.17) is 14.8 Å². The molecule has 9 heteroatoms. The Morgan fingerprint density at radius 3 is 1.63 bits per heavy atom. The maximum atomic E-state index is 12.7. The van der Waals surface area contributed by atoms with Crippen LogP contribution < -0.4 is 11.1 Å². The van der Waals surface area contributed by atoms with Crippen LogP contribution >= 0.6 is 7.82 Å². The molecule has 0 aliphatic rings. The lowest BCUT2D eigenvalue weighted by molar-refractivity contribution is -0.123. The number of unbranched alkanes of at least 4 members (excludes halogenated alkanes) is 22. The van der Waals surface area contributed by atoms with E-state index in [-0.39, 0.29) is 25.7 Å². The third-order valence-electron chi connectivity index (χ3n) is 9.06. The Morgan fingerprint density at radius 1 is 0.673 bits per heavy atom. The number of hydrogen-bond acceptors (Lipinski definition) is 6. The lowest BCUT2D eigenvalue weighted by atomic mass is 10.0. The fourth-order valence-corrected chi connectivity index (χ4v) is 6.69. The lowest BCUT2D eigenvalue weighted by Crippen LogP contribution is -2.46. The first kappa shape index (κ1) is 48.0. The molecule has 5 N–H and O–H groups in total. The molecule has 0 aliphatic heterocycles. The Balaban J connectivity index is 4.23. The zero-order chi connectivity index (χ0) is 36.1. The standard InChI is InChI=1S/C40H79N2O6P/c1-3-5-7-9-11-13-15-17-19-20-22-24-26-28-30-32-34-40(44)42-38(37-48-49(45,46)47-36-35-41)39(43)33-31-29-27-25-23-21-18-16-14-12-10-8-6-4-2/h13,15,19-20,38-39,43H,3-12,14,16-18,21-37,41H2,1-2H3,(H,42,44)(H,45,46)/b15-13-,20-19-. The summed E-state index contributed by atoms with van der Waals surface area (Å²) in [5.41, 5.74) is 5.37. The van der Waals surface area contributed by atoms with Crippen LogP contribution in [0.2, 0.25) is 0 Å². The molecule has 0 bridgehead atoms. The van der Waals surface area contributed by atoms with Gasteiger partial charge in [0, 0.05) is 13.0 Å². The van der Waals surface area contributed by atoms with Crippen molar-refractivity contribution in [3.05, 3.63) is 24.3 Å². The van der Waals surface area contributed by atoms with E-state index in [1.165, 1.54) is 103 Å². The van der Waals surface area contributed by atoms with Gasteiger partial charge in [0.05, 0.1) is 25.4 Å². The molecule has 0 spiro atoms. The summed E-state index contributed by atoms with van der Waals surface area (Å²) in [6.07, 6.45) is 40.3. The van der Waals surface area contributed by atoms with Gasteiger partial charge in [-0.25, -0.2) is 4.57 Å². The Labute approximate surface area is 302 Å². The number of rotatable bonds is 38. The van der Waals surface area contributed by atoms with Gasteiger partial charge in [0.1, 0.15) is 0 Å². The number of amides is 1. The molecular formula is C40H79N2O6P. The van der Waals surface area contributed by atoms with Crippen molar-refractivity contribution in [2.45, 2.75) is 206 Å². The van der Waals surface area contributed by atoms with E-state index >= 15 is 0 Å². The number of aliphatic hydroxyl groups excluding tert-OH is 1. The average Bonchev–Trinajstić information content (AvgIpc) is 3.09. The van der Waals surface area contributed by atoms with Gasteiger partial charge in [-0.05, 0) is 44.9 Å². The van der Waals surface area contributed by atoms with Gasteiger partial charge in [0.25, 0.3) is 0 Å². The number of carbonyl (C=O) groups excluding carboxylic acids is 1. The molecule has 0 radical (unpaired) electrons. The molecule has 0 rings (SSSR count). The molecule has 3 unspecified atom stereocenters. The third kappa shape index (κ3) is 35.2. The molecule has 0 aliphatic carbocycles. The van der Waals surface area contributed by atoms with E-state index in [2.05, 4.69) is 43.5 Å². The second-order valence-corrected chi connectivity index (χ2v) is 15.3. The van der Waals surface area contributed by atoms with Crippen molar-refractivity contribution in [2.24, 2.45) is 5.73 Å². The summed E-state index contributed by atoms with van der Waals surface area (Å²) in [6.45, 7) is 4.18. The first-order valence-electron chi connectivity index (χ1n) is 20.5. The van der Waals surface area contributed by atoms with Gasteiger partial charge in [-0.2, -0.15) is 0 Å². The quantitative estimate of drug-likeness (QED) is 0.0284. The maximum absolute atomic E-state index is 12.7. The number of hydrogen-bond donors (Lipinski definition) is 4. The molecule has 8 nitrogen and oxygen atoms in total. The van der Waals surface area contributed by atoms with Crippen LogP contribution in [-0.2, 0) is 18.4 Å². The highest BCUT2D eigenvalue weighted by atomic mass is 31.2. The van der Waals surface area contributed by atoms with E-state index in [0.29, 0.717) is 12.8 Å². The van der Waals surface area contributed by atoms with E-state index in [1.54, 1.807) is 0 Å². The van der Waals surface area contributed by atoms with Crippen LogP contribution in [0.25, 0.3) is 0 Å². The van der Waals surface area contributed by atoms with Gasteiger partial charge in [0.15, 0.2) is 0 Å². The summed E-state index contributed by atoms with van der Waals surface area (Å²) in [7, 11) is -4.31. The van der Waals surface area contributed by atoms with Crippen LogP contribution in [0, 0.1) is 0 Å². The highest BCUT2D eigenvalue weighted by Crippen LogP contribution is 2.43. The molecule has 0 saturated heterocycles. The summed E-state index contributed by atoms with van der Waals surface area (Å²) in [6, 6.07) is -0.779. The van der Waals surface area contributed by atoms with Gasteiger partial charge in [0.2, 0.25) is 5.91 Å². The number of nitrogens with two attached hydrogens (primary N) is 1. The zero-order valence-corrected chi connectivity index (χ0v) is 32.8. The Morgan fingerprint density at radius 2 is 1.12 bits per heavy atom. The Hall–Kier alpha value is -1.02. The largest absolute Gasteiger partial charge is 0.472 e. The van der Waals surface area contributed by atoms with Crippen molar-refractivity contribution >= 4 is 13.7 Å². The number of nitrogens with one attached hydrogen (secondary N) is 1. The van der Waals surface area contributed by atoms with Crippen LogP contribution in [0.15, 0.2) is 24.3 Å². The van der Waals surface area contributed by atoms with Crippen molar-refractivity contribution in [1.82, 2.24) is 5.32 Å². The van der Waals surface area contributed by atoms with Gasteiger partial charge in [-0.1, -0.05) is 167 Å². The van der Waals surface area contributed by atoms with E-state index in [1.807, 2.05) is 0 Å². The lowest BCUT2D eigenvalue weighted by Gasteiger charge is -2.25. The number of phosphoric acid groups is 1. The first-order valence-corrected chi connectivity index (χ1v) is 21.9. The molecule has 0 aromatic carbocycles. The highest BCUT2D eigenvalue weighted by Gasteiger charge is 2.27. The fourth-order valence-electron chi connectivity index (χ4n) is 5.93. The number of aliphatic hydroxyl groups is 1. The summed E-state index contributed by atoms with van der Waals surface area (Å²) in [5.74, 6) is -0.175. The van der Waals surface area contributed by atoms with Crippen molar-refractivity contribution in [1.29, 1.82) is 0 Å². The monoisotopic (exact) mass is 715 g/mol. The summed E-state index contributed by atoms with van der Waals surface area (Å²) < 4.78 is 22.1. The van der Waals surface area contributed by atoms with Gasteiger partial charge < -0.3 is 21.1 Å². The highest BCUT2D eigenvalue weighted by molar-refractivity contribution is 7.47. The average molecular weight is 715 g/mol. The van der Waals surface area contributed by atoms with Crippen molar-refractivity contribution in [3.63, 3.8) is 0 Å². The number of carbonyl (C=O) groups is 1. The fraction of sp³-hybridized carbons (Fsp3) is 0.875. The molecule has 290 valence electrons. The minimum Gasteiger partial charge on any atom is -0.391 e. The number of allylic oxidation sites excluding steroid dienone is 4. The van der Waals surface area contributed by atoms with Gasteiger partial charge in [-0.3, -0.25) is 13.8 Å². The molecule has 3 atom stereocenters. The molecule has 0 heterocycles. The van der Waals surface area contributed by atoms with Crippen LogP contribution in [0.5, 0.6) is 0 Å². The topological polar surface area (TPSA) is 131 Å². The molecule has 0 saturated carbocycles. The van der Waals surface area contributed by atoms with Gasteiger partial charge >= 0.3 is 7.82 Å². The normalized spacial score (nSPS) is 14.5. The predicted octanol–water partition coefficient (Wildman–Crippen LogP) is 11.0. The Kier molecular flexibility index (Phi) is 36.0. The van der Waals surface area contributed by atoms with Crippen LogP contribution in [0.4, 0.5) is 0 Å². The maximum Gasteiger partial charge on any atom is 0.472 e. The molecule has 0 aromatic heterocycles. The summed E-state index contributed by atoms with van der Waals surface area (Å²) >= 11 is 0. The molecule has 0 aromatic rings. The third-order valence-corrected chi connectivity index (χ3v) is 10.0. The zero-order valence-electron chi connectivity index (χ0n) is 31.9. The molecule has 1 amide bonds. The Bertz CT molecular complexity index is 825. The second-order valence-electron chi connectivity index (χ2n) is 13.8. The second kappa shape index (κ2) is 36.8. The van der Waals surface area contributed by atoms with Crippen molar-refractivity contribution in [3.8, 4) is 0 Å². The van der Waals surface area contributed by atoms with Gasteiger partial charge in [-0.15, -0.1) is 0 Å². The SMILES string of the molecule is CCCCCC/C=C\C/C=C\CCCCCCCC(=O)NC(COP(=O)(O)OCCN)C(O)CCCCCCCCCCCCCCCC. The van der Waals surface area contributed by atoms with Crippen LogP contribution in [-0.4, -0.2) is 47.8 Å². The summed E-state index contributed by atoms with van der Waals surface area (Å²) in [4.78, 5) is 22.7.